The van der Waals surface area contributed by atoms with Crippen molar-refractivity contribution in [1.82, 2.24) is 5.32 Å². The molecule has 8 heteroatoms. The highest BCUT2D eigenvalue weighted by atomic mass is 16.6. The van der Waals surface area contributed by atoms with Gasteiger partial charge in [0.2, 0.25) is 6.08 Å². The summed E-state index contributed by atoms with van der Waals surface area (Å²) in [5.41, 5.74) is 0. The molecular formula is C24H34N2O6. The summed E-state index contributed by atoms with van der Waals surface area (Å²) in [5, 5.41) is 11.4. The number of carbonyl (C=O) groups excluding carboxylic acids is 4. The van der Waals surface area contributed by atoms with Crippen LogP contribution in [0.2, 0.25) is 0 Å². The molecule has 176 valence electrons. The normalized spacial score (nSPS) is 25.2. The number of aliphatic imine (C=N–C) groups is 1. The molecule has 2 atom stereocenters. The molecule has 2 unspecified atom stereocenters. The van der Waals surface area contributed by atoms with Crippen molar-refractivity contribution in [3.63, 3.8) is 0 Å². The van der Waals surface area contributed by atoms with Crippen LogP contribution < -0.4 is 5.32 Å². The second-order valence-corrected chi connectivity index (χ2v) is 8.56. The second-order valence-electron chi connectivity index (χ2n) is 8.56. The molecule has 0 bridgehead atoms. The quantitative estimate of drug-likeness (QED) is 0.506. The predicted molar refractivity (Wildman–Crippen MR) is 119 cm³/mol. The number of rotatable bonds is 3. The van der Waals surface area contributed by atoms with Gasteiger partial charge in [-0.2, -0.15) is 0 Å². The second kappa shape index (κ2) is 14.5. The molecule has 0 aliphatic heterocycles. The third kappa shape index (κ3) is 10.6. The van der Waals surface area contributed by atoms with E-state index in [2.05, 4.69) is 10.3 Å². The summed E-state index contributed by atoms with van der Waals surface area (Å²) in [7, 11) is 0. The topological polar surface area (TPSA) is 122 Å². The van der Waals surface area contributed by atoms with Crippen molar-refractivity contribution in [2.45, 2.75) is 101 Å². The zero-order valence-corrected chi connectivity index (χ0v) is 18.5. The van der Waals surface area contributed by atoms with Crippen LogP contribution in [0.5, 0.6) is 0 Å². The number of aliphatic hydroxyl groups excluding tert-OH is 1. The van der Waals surface area contributed by atoms with Crippen LogP contribution in [0.1, 0.15) is 77.0 Å². The Hall–Kier alpha value is -2.57. The first-order chi connectivity index (χ1) is 15.5. The fraction of sp³-hybridized carbons (Fsp3) is 0.667. The van der Waals surface area contributed by atoms with Crippen molar-refractivity contribution in [1.29, 1.82) is 0 Å². The van der Waals surface area contributed by atoms with E-state index < -0.39 is 12.2 Å². The standard InChI is InChI=1S/C12H17NO3.C7H11NO.C5H6O2/c14-10-6-7-11(8-10)16-12(15)13-9-4-2-1-3-5-9;9-6-8-7-4-2-1-3-5-7;6-4-1-2-5(7)3-4/h6-7,9,11H,1-5,8H2,(H,13,15);7H,1-5H2;1-2,4,6H,3H2. The number of nitrogens with zero attached hydrogens (tertiary/aromatic N) is 1. The minimum absolute atomic E-state index is 0.0208. The van der Waals surface area contributed by atoms with Gasteiger partial charge in [-0.15, -0.1) is 0 Å². The number of alkyl carbamates (subject to hydrolysis) is 1. The molecule has 32 heavy (non-hydrogen) atoms. The van der Waals surface area contributed by atoms with Gasteiger partial charge in [-0.3, -0.25) is 9.59 Å². The molecule has 4 rings (SSSR count). The van der Waals surface area contributed by atoms with Crippen LogP contribution in [0.15, 0.2) is 29.3 Å². The number of hydrogen-bond donors (Lipinski definition) is 2. The molecule has 0 aromatic heterocycles. The van der Waals surface area contributed by atoms with E-state index in [4.69, 9.17) is 9.84 Å². The lowest BCUT2D eigenvalue weighted by atomic mass is 9.96. The van der Waals surface area contributed by atoms with Crippen LogP contribution >= 0.6 is 0 Å². The summed E-state index contributed by atoms with van der Waals surface area (Å²) in [6.07, 6.45) is 18.6. The van der Waals surface area contributed by atoms with E-state index in [1.165, 1.54) is 56.8 Å². The van der Waals surface area contributed by atoms with Crippen molar-refractivity contribution in [2.24, 2.45) is 4.99 Å². The van der Waals surface area contributed by atoms with Crippen LogP contribution in [0.4, 0.5) is 4.79 Å². The van der Waals surface area contributed by atoms with E-state index in [9.17, 15) is 19.2 Å². The molecule has 4 aliphatic carbocycles. The van der Waals surface area contributed by atoms with E-state index in [0.29, 0.717) is 6.04 Å². The molecule has 4 aliphatic rings. The van der Waals surface area contributed by atoms with Crippen LogP contribution in [0, 0.1) is 0 Å². The van der Waals surface area contributed by atoms with E-state index in [-0.39, 0.29) is 36.6 Å². The van der Waals surface area contributed by atoms with E-state index in [1.807, 2.05) is 0 Å². The average molecular weight is 447 g/mol. The Balaban J connectivity index is 0.000000191. The number of nitrogens with one attached hydrogen (secondary N) is 1. The molecule has 2 N–H and O–H groups in total. The van der Waals surface area contributed by atoms with Gasteiger partial charge in [-0.25, -0.2) is 14.6 Å². The lowest BCUT2D eigenvalue weighted by Gasteiger charge is -2.23. The Labute approximate surface area is 189 Å². The molecular weight excluding hydrogens is 412 g/mol. The molecule has 8 nitrogen and oxygen atoms in total. The molecule has 0 heterocycles. The zero-order chi connectivity index (χ0) is 23.2. The van der Waals surface area contributed by atoms with Gasteiger partial charge in [-0.1, -0.05) is 44.6 Å². The summed E-state index contributed by atoms with van der Waals surface area (Å²) in [6.45, 7) is 0. The fourth-order valence-electron chi connectivity index (χ4n) is 4.06. The maximum atomic E-state index is 11.5. The molecule has 0 aromatic rings. The van der Waals surface area contributed by atoms with Crippen LogP contribution in [0.25, 0.3) is 0 Å². The highest BCUT2D eigenvalue weighted by Crippen LogP contribution is 2.19. The predicted octanol–water partition coefficient (Wildman–Crippen LogP) is 3.47. The van der Waals surface area contributed by atoms with Gasteiger partial charge in [-0.05, 0) is 43.9 Å². The molecule has 0 radical (unpaired) electrons. The van der Waals surface area contributed by atoms with Gasteiger partial charge in [0.25, 0.3) is 0 Å². The zero-order valence-electron chi connectivity index (χ0n) is 18.5. The number of ether oxygens (including phenoxy) is 1. The van der Waals surface area contributed by atoms with Crippen molar-refractivity contribution in [3.8, 4) is 0 Å². The number of hydrogen-bond acceptors (Lipinski definition) is 7. The largest absolute Gasteiger partial charge is 0.442 e. The van der Waals surface area contributed by atoms with Crippen molar-refractivity contribution < 1.29 is 29.0 Å². The highest BCUT2D eigenvalue weighted by Gasteiger charge is 2.22. The average Bonchev–Trinajstić information content (AvgIpc) is 3.37. The highest BCUT2D eigenvalue weighted by molar-refractivity contribution is 5.93. The lowest BCUT2D eigenvalue weighted by Crippen LogP contribution is -2.37. The van der Waals surface area contributed by atoms with Crippen LogP contribution in [-0.4, -0.2) is 53.1 Å². The van der Waals surface area contributed by atoms with Crippen molar-refractivity contribution in [2.75, 3.05) is 0 Å². The summed E-state index contributed by atoms with van der Waals surface area (Å²) in [4.78, 5) is 46.1. The minimum atomic E-state index is -0.507. The molecule has 0 saturated heterocycles. The third-order valence-electron chi connectivity index (χ3n) is 5.81. The van der Waals surface area contributed by atoms with Crippen molar-refractivity contribution >= 4 is 23.7 Å². The summed E-state index contributed by atoms with van der Waals surface area (Å²) < 4.78 is 5.13. The van der Waals surface area contributed by atoms with Crippen LogP contribution in [-0.2, 0) is 19.1 Å². The fourth-order valence-corrected chi connectivity index (χ4v) is 4.06. The van der Waals surface area contributed by atoms with Gasteiger partial charge in [0, 0.05) is 12.5 Å². The summed E-state index contributed by atoms with van der Waals surface area (Å²) in [6, 6.07) is 0.554. The monoisotopic (exact) mass is 446 g/mol. The molecule has 2 fully saturated rings. The summed E-state index contributed by atoms with van der Waals surface area (Å²) in [5.74, 6) is 0.0444. The van der Waals surface area contributed by atoms with E-state index >= 15 is 0 Å². The molecule has 1 amide bonds. The maximum absolute atomic E-state index is 11.5. The van der Waals surface area contributed by atoms with Crippen molar-refractivity contribution in [3.05, 3.63) is 24.3 Å². The number of amides is 1. The SMILES string of the molecule is O=C1C=CC(O)C1.O=C1C=CC(OC(=O)NC2CCCCC2)C1.O=C=NC1CCCCC1. The first-order valence-electron chi connectivity index (χ1n) is 11.6. The van der Waals surface area contributed by atoms with Gasteiger partial charge in [0.05, 0.1) is 18.6 Å². The molecule has 2 saturated carbocycles. The first-order valence-corrected chi connectivity index (χ1v) is 11.6. The number of aliphatic hydroxyl groups is 1. The number of ketones is 2. The number of carbonyl (C=O) groups is 3. The van der Waals surface area contributed by atoms with Gasteiger partial charge in [0.15, 0.2) is 11.6 Å². The maximum Gasteiger partial charge on any atom is 0.407 e. The minimum Gasteiger partial charge on any atom is -0.442 e. The summed E-state index contributed by atoms with van der Waals surface area (Å²) >= 11 is 0. The lowest BCUT2D eigenvalue weighted by molar-refractivity contribution is -0.115. The third-order valence-corrected chi connectivity index (χ3v) is 5.81. The Morgan fingerprint density at radius 3 is 2.00 bits per heavy atom. The van der Waals surface area contributed by atoms with Gasteiger partial charge in [0.1, 0.15) is 6.10 Å². The van der Waals surface area contributed by atoms with Crippen LogP contribution in [0.3, 0.4) is 0 Å². The van der Waals surface area contributed by atoms with Gasteiger partial charge < -0.3 is 15.2 Å². The first kappa shape index (κ1) is 25.7. The molecule has 0 spiro atoms. The van der Waals surface area contributed by atoms with E-state index in [0.717, 1.165) is 25.7 Å². The Kier molecular flexibility index (Phi) is 11.6. The Bertz CT molecular complexity index is 729. The van der Waals surface area contributed by atoms with E-state index in [1.54, 1.807) is 12.2 Å². The smallest absolute Gasteiger partial charge is 0.407 e. The van der Waals surface area contributed by atoms with Gasteiger partial charge >= 0.3 is 6.09 Å². The molecule has 0 aromatic carbocycles. The number of isocyanates is 1. The Morgan fingerprint density at radius 2 is 1.53 bits per heavy atom. The Morgan fingerprint density at radius 1 is 0.938 bits per heavy atom. The number of allylic oxidation sites excluding steroid dienone is 2.